The molecule has 22 heavy (non-hydrogen) atoms. The molecule has 1 aliphatic carbocycles. The van der Waals surface area contributed by atoms with Crippen molar-refractivity contribution in [1.82, 2.24) is 10.2 Å². The van der Waals surface area contributed by atoms with Gasteiger partial charge in [0.15, 0.2) is 9.84 Å². The molecule has 1 aliphatic heterocycles. The largest absolute Gasteiger partial charge is 0.329 e. The third-order valence-corrected chi connectivity index (χ3v) is 5.83. The molecule has 3 amide bonds. The van der Waals surface area contributed by atoms with E-state index < -0.39 is 15.1 Å². The minimum absolute atomic E-state index is 0.0254. The quantitative estimate of drug-likeness (QED) is 0.838. The average Bonchev–Trinajstić information content (AvgIpc) is 2.77. The number of amides is 3. The number of sulfone groups is 1. The highest BCUT2D eigenvalue weighted by molar-refractivity contribution is 7.90. The van der Waals surface area contributed by atoms with Crippen LogP contribution in [0.15, 0.2) is 24.3 Å². The molecular formula is C15H18N2O4S. The zero-order valence-electron chi connectivity index (χ0n) is 12.3. The van der Waals surface area contributed by atoms with Crippen molar-refractivity contribution in [3.05, 3.63) is 35.4 Å². The Morgan fingerprint density at radius 1 is 1.27 bits per heavy atom. The highest BCUT2D eigenvalue weighted by Crippen LogP contribution is 2.38. The number of hydrogen-bond acceptors (Lipinski definition) is 4. The van der Waals surface area contributed by atoms with E-state index in [1.165, 1.54) is 11.2 Å². The molecule has 1 N–H and O–H groups in total. The van der Waals surface area contributed by atoms with Crippen LogP contribution in [0.3, 0.4) is 0 Å². The van der Waals surface area contributed by atoms with Gasteiger partial charge in [0, 0.05) is 12.8 Å². The lowest BCUT2D eigenvalue weighted by Crippen LogP contribution is -2.38. The zero-order valence-corrected chi connectivity index (χ0v) is 13.1. The van der Waals surface area contributed by atoms with Crippen molar-refractivity contribution in [3.8, 4) is 0 Å². The number of nitrogens with zero attached hydrogens (tertiary/aromatic N) is 1. The van der Waals surface area contributed by atoms with Crippen LogP contribution in [0.1, 0.15) is 22.8 Å². The van der Waals surface area contributed by atoms with Gasteiger partial charge in [-0.1, -0.05) is 24.3 Å². The summed E-state index contributed by atoms with van der Waals surface area (Å²) in [5, 5.41) is 1.92. The Hall–Kier alpha value is -1.89. The van der Waals surface area contributed by atoms with E-state index in [1.54, 1.807) is 0 Å². The molecule has 1 aromatic carbocycles. The van der Waals surface area contributed by atoms with Gasteiger partial charge in [-0.05, 0) is 29.9 Å². The Balaban J connectivity index is 1.87. The SMILES string of the molecule is CS(=O)(=O)C1C[C@H](CN2C(=O)CNC2=O)Cc2ccccc21. The molecule has 0 bridgehead atoms. The van der Waals surface area contributed by atoms with Gasteiger partial charge in [-0.15, -0.1) is 0 Å². The number of nitrogens with one attached hydrogen (secondary N) is 1. The first-order valence-corrected chi connectivity index (χ1v) is 9.16. The lowest BCUT2D eigenvalue weighted by atomic mass is 9.83. The van der Waals surface area contributed by atoms with Crippen LogP contribution in [0.4, 0.5) is 4.79 Å². The molecule has 0 radical (unpaired) electrons. The molecule has 0 saturated carbocycles. The smallest absolute Gasteiger partial charge is 0.324 e. The second kappa shape index (κ2) is 5.39. The molecule has 3 rings (SSSR count). The molecule has 1 aromatic rings. The third kappa shape index (κ3) is 2.72. The number of carbonyl (C=O) groups excluding carboxylic acids is 2. The van der Waals surface area contributed by atoms with Crippen molar-refractivity contribution in [1.29, 1.82) is 0 Å². The first kappa shape index (κ1) is 15.0. The number of rotatable bonds is 3. The Morgan fingerprint density at radius 3 is 2.64 bits per heavy atom. The lowest BCUT2D eigenvalue weighted by molar-refractivity contribution is -0.125. The fourth-order valence-corrected chi connectivity index (χ4v) is 4.61. The molecule has 2 aliphatic rings. The first-order valence-electron chi connectivity index (χ1n) is 7.21. The fraction of sp³-hybridized carbons (Fsp3) is 0.467. The van der Waals surface area contributed by atoms with Crippen LogP contribution in [0.25, 0.3) is 0 Å². The maximum absolute atomic E-state index is 12.1. The molecule has 0 spiro atoms. The van der Waals surface area contributed by atoms with E-state index in [4.69, 9.17) is 0 Å². The van der Waals surface area contributed by atoms with E-state index in [-0.39, 0.29) is 30.9 Å². The topological polar surface area (TPSA) is 83.6 Å². The van der Waals surface area contributed by atoms with Crippen LogP contribution in [-0.4, -0.2) is 44.6 Å². The molecule has 0 aromatic heterocycles. The molecule has 1 heterocycles. The van der Waals surface area contributed by atoms with Gasteiger partial charge in [0.25, 0.3) is 0 Å². The lowest BCUT2D eigenvalue weighted by Gasteiger charge is -2.32. The molecular weight excluding hydrogens is 304 g/mol. The van der Waals surface area contributed by atoms with Crippen molar-refractivity contribution < 1.29 is 18.0 Å². The maximum Gasteiger partial charge on any atom is 0.324 e. The summed E-state index contributed by atoms with van der Waals surface area (Å²) in [7, 11) is -3.24. The maximum atomic E-state index is 12.1. The number of urea groups is 1. The minimum atomic E-state index is -3.24. The third-order valence-electron chi connectivity index (χ3n) is 4.35. The Bertz CT molecular complexity index is 713. The number of carbonyl (C=O) groups is 2. The Kier molecular flexibility index (Phi) is 3.68. The number of fused-ring (bicyclic) bond motifs is 1. The molecule has 118 valence electrons. The predicted octanol–water partition coefficient (Wildman–Crippen LogP) is 0.887. The van der Waals surface area contributed by atoms with Gasteiger partial charge in [-0.3, -0.25) is 9.69 Å². The monoisotopic (exact) mass is 322 g/mol. The normalized spacial score (nSPS) is 25.0. The summed E-state index contributed by atoms with van der Waals surface area (Å²) in [6, 6.07) is 7.11. The van der Waals surface area contributed by atoms with Gasteiger partial charge in [0.05, 0.1) is 11.8 Å². The molecule has 1 unspecified atom stereocenters. The molecule has 1 saturated heterocycles. The van der Waals surface area contributed by atoms with Crippen LogP contribution in [0.2, 0.25) is 0 Å². The number of hydrogen-bond donors (Lipinski definition) is 1. The second-order valence-electron chi connectivity index (χ2n) is 5.99. The van der Waals surface area contributed by atoms with E-state index in [9.17, 15) is 18.0 Å². The fourth-order valence-electron chi connectivity index (χ4n) is 3.30. The summed E-state index contributed by atoms with van der Waals surface area (Å²) in [6.07, 6.45) is 2.36. The summed E-state index contributed by atoms with van der Waals surface area (Å²) < 4.78 is 24.2. The highest BCUT2D eigenvalue weighted by Gasteiger charge is 2.37. The van der Waals surface area contributed by atoms with Gasteiger partial charge >= 0.3 is 6.03 Å². The van der Waals surface area contributed by atoms with E-state index >= 15 is 0 Å². The van der Waals surface area contributed by atoms with Crippen molar-refractivity contribution in [2.45, 2.75) is 18.1 Å². The summed E-state index contributed by atoms with van der Waals surface area (Å²) in [6.45, 7) is 0.294. The van der Waals surface area contributed by atoms with Crippen molar-refractivity contribution in [2.24, 2.45) is 5.92 Å². The summed E-state index contributed by atoms with van der Waals surface area (Å²) in [4.78, 5) is 24.6. The van der Waals surface area contributed by atoms with Crippen LogP contribution >= 0.6 is 0 Å². The van der Waals surface area contributed by atoms with Gasteiger partial charge < -0.3 is 5.32 Å². The van der Waals surface area contributed by atoms with Gasteiger partial charge in [-0.25, -0.2) is 13.2 Å². The molecule has 2 atom stereocenters. The van der Waals surface area contributed by atoms with Gasteiger partial charge in [0.1, 0.15) is 0 Å². The van der Waals surface area contributed by atoms with Crippen molar-refractivity contribution in [3.63, 3.8) is 0 Å². The zero-order chi connectivity index (χ0) is 15.9. The number of benzene rings is 1. The van der Waals surface area contributed by atoms with E-state index in [0.29, 0.717) is 12.8 Å². The average molecular weight is 322 g/mol. The molecule has 7 heteroatoms. The highest BCUT2D eigenvalue weighted by atomic mass is 32.2. The van der Waals surface area contributed by atoms with Crippen LogP contribution in [0, 0.1) is 5.92 Å². The molecule has 6 nitrogen and oxygen atoms in total. The summed E-state index contributed by atoms with van der Waals surface area (Å²) in [5.74, 6) is -0.290. The van der Waals surface area contributed by atoms with Crippen molar-refractivity contribution in [2.75, 3.05) is 19.3 Å². The molecule has 1 fully saturated rings. The first-order chi connectivity index (χ1) is 10.4. The van der Waals surface area contributed by atoms with Gasteiger partial charge in [0.2, 0.25) is 5.91 Å². The predicted molar refractivity (Wildman–Crippen MR) is 80.9 cm³/mol. The number of imide groups is 1. The Morgan fingerprint density at radius 2 is 2.00 bits per heavy atom. The van der Waals surface area contributed by atoms with Crippen molar-refractivity contribution >= 4 is 21.8 Å². The van der Waals surface area contributed by atoms with E-state index in [2.05, 4.69) is 5.32 Å². The van der Waals surface area contributed by atoms with Crippen LogP contribution in [-0.2, 0) is 21.1 Å². The minimum Gasteiger partial charge on any atom is -0.329 e. The summed E-state index contributed by atoms with van der Waals surface area (Å²) >= 11 is 0. The Labute approximate surface area is 129 Å². The second-order valence-corrected chi connectivity index (χ2v) is 8.21. The van der Waals surface area contributed by atoms with Crippen LogP contribution < -0.4 is 5.32 Å². The van der Waals surface area contributed by atoms with Gasteiger partial charge in [-0.2, -0.15) is 0 Å². The van der Waals surface area contributed by atoms with Crippen LogP contribution in [0.5, 0.6) is 0 Å². The van der Waals surface area contributed by atoms with E-state index in [1.807, 2.05) is 24.3 Å². The van der Waals surface area contributed by atoms with E-state index in [0.717, 1.165) is 11.1 Å². The standard InChI is InChI=1S/C15H18N2O4S/c1-22(20,21)13-7-10(6-11-4-2-3-5-12(11)13)9-17-14(18)8-16-15(17)19/h2-5,10,13H,6-9H2,1H3,(H,16,19)/t10-,13?/m1/s1. The summed E-state index contributed by atoms with van der Waals surface area (Å²) in [5.41, 5.74) is 1.83.